The lowest BCUT2D eigenvalue weighted by Crippen LogP contribution is -1.98. The van der Waals surface area contributed by atoms with E-state index in [2.05, 4.69) is 26.3 Å². The molecule has 0 fully saturated rings. The summed E-state index contributed by atoms with van der Waals surface area (Å²) in [7, 11) is 0. The van der Waals surface area contributed by atoms with Gasteiger partial charge in [-0.15, -0.1) is 9.81 Å². The van der Waals surface area contributed by atoms with Crippen LogP contribution >= 0.6 is 15.9 Å². The molecule has 0 unspecified atom stereocenters. The Morgan fingerprint density at radius 2 is 1.18 bits per heavy atom. The summed E-state index contributed by atoms with van der Waals surface area (Å²) in [5.41, 5.74) is 3.47. The number of nitroso groups, excluding NO2 is 2. The number of benzene rings is 4. The van der Waals surface area contributed by atoms with Gasteiger partial charge in [0.15, 0.2) is 11.4 Å². The van der Waals surface area contributed by atoms with E-state index in [0.717, 1.165) is 21.1 Å². The molecule has 6 aromatic rings. The minimum absolute atomic E-state index is 0.00779. The molecule has 0 spiro atoms. The molecule has 0 aliphatic rings. The van der Waals surface area contributed by atoms with Gasteiger partial charge in [-0.3, -0.25) is 0 Å². The van der Waals surface area contributed by atoms with Gasteiger partial charge in [-0.1, -0.05) is 76.6 Å². The van der Waals surface area contributed by atoms with Crippen LogP contribution in [0.3, 0.4) is 0 Å². The molecule has 2 N–H and O–H groups in total. The average Bonchev–Trinajstić information content (AvgIpc) is 3.39. The van der Waals surface area contributed by atoms with Gasteiger partial charge in [0.2, 0.25) is 11.8 Å². The second kappa shape index (κ2) is 11.5. The van der Waals surface area contributed by atoms with Crippen LogP contribution in [0.4, 0.5) is 15.8 Å². The third kappa shape index (κ3) is 5.21. The first-order valence-corrected chi connectivity index (χ1v) is 13.0. The molecule has 6 rings (SSSR count). The monoisotopic (exact) mass is 600 g/mol. The topological polar surface area (TPSA) is 109 Å². The minimum Gasteiger partial charge on any atom is -0.493 e. The lowest BCUT2D eigenvalue weighted by Gasteiger charge is -2.07. The van der Waals surface area contributed by atoms with Crippen molar-refractivity contribution in [3.8, 4) is 11.8 Å². The Morgan fingerprint density at radius 3 is 1.80 bits per heavy atom. The van der Waals surface area contributed by atoms with Gasteiger partial charge in [0.05, 0.1) is 24.1 Å². The number of para-hydroxylation sites is 1. The Balaban J connectivity index is 0.000000162. The molecule has 8 nitrogen and oxygen atoms in total. The maximum absolute atomic E-state index is 12.9. The van der Waals surface area contributed by atoms with Crippen molar-refractivity contribution in [1.82, 2.24) is 9.13 Å². The van der Waals surface area contributed by atoms with Crippen molar-refractivity contribution in [1.29, 1.82) is 0 Å². The second-order valence-electron chi connectivity index (χ2n) is 8.99. The second-order valence-corrected chi connectivity index (χ2v) is 9.91. The van der Waals surface area contributed by atoms with E-state index in [1.165, 1.54) is 12.1 Å². The first-order valence-electron chi connectivity index (χ1n) is 12.2. The Morgan fingerprint density at radius 1 is 0.650 bits per heavy atom. The fraction of sp³-hybridized carbons (Fsp3) is 0.0667. The highest BCUT2D eigenvalue weighted by atomic mass is 79.9. The molecule has 40 heavy (non-hydrogen) atoms. The Kier molecular flexibility index (Phi) is 7.70. The van der Waals surface area contributed by atoms with E-state index < -0.39 is 0 Å². The number of nitrogens with zero attached hydrogens (tertiary/aromatic N) is 4. The van der Waals surface area contributed by atoms with Crippen LogP contribution in [-0.2, 0) is 13.1 Å². The van der Waals surface area contributed by atoms with E-state index in [4.69, 9.17) is 0 Å². The van der Waals surface area contributed by atoms with Gasteiger partial charge in [-0.25, -0.2) is 4.39 Å². The van der Waals surface area contributed by atoms with Crippen LogP contribution in [-0.4, -0.2) is 19.3 Å². The van der Waals surface area contributed by atoms with E-state index in [1.807, 2.05) is 54.6 Å². The zero-order valence-electron chi connectivity index (χ0n) is 20.9. The molecule has 0 aliphatic heterocycles. The largest absolute Gasteiger partial charge is 0.493 e. The number of fused-ring (bicyclic) bond motifs is 2. The number of rotatable bonds is 6. The molecule has 200 valence electrons. The SMILES string of the molecule is O=Nc1c(O)n(Cc2ccc(F)cc2)c2ccc(Br)cc12.O=Nc1c(O)n(Cc2ccccc2)c2ccccc12. The van der Waals surface area contributed by atoms with Gasteiger partial charge < -0.3 is 19.3 Å². The Bertz CT molecular complexity index is 1830. The summed E-state index contributed by atoms with van der Waals surface area (Å²) in [4.78, 5) is 21.9. The predicted octanol–water partition coefficient (Wildman–Crippen LogP) is 8.49. The van der Waals surface area contributed by atoms with Crippen LogP contribution in [0.5, 0.6) is 11.8 Å². The summed E-state index contributed by atoms with van der Waals surface area (Å²) in [6.07, 6.45) is 0. The number of aromatic hydroxyl groups is 2. The fourth-order valence-corrected chi connectivity index (χ4v) is 4.97. The van der Waals surface area contributed by atoms with Gasteiger partial charge >= 0.3 is 0 Å². The smallest absolute Gasteiger partial charge is 0.222 e. The normalized spacial score (nSPS) is 10.8. The number of hydrogen-bond acceptors (Lipinski definition) is 6. The lowest BCUT2D eigenvalue weighted by molar-refractivity contribution is 0.429. The summed E-state index contributed by atoms with van der Waals surface area (Å²) in [5, 5.41) is 27.4. The first-order chi connectivity index (χ1) is 19.4. The van der Waals surface area contributed by atoms with Crippen molar-refractivity contribution in [2.75, 3.05) is 0 Å². The molecule has 0 bridgehead atoms. The maximum atomic E-state index is 12.9. The molecule has 0 amide bonds. The van der Waals surface area contributed by atoms with Gasteiger partial charge in [0.1, 0.15) is 5.82 Å². The van der Waals surface area contributed by atoms with Gasteiger partial charge in [0, 0.05) is 15.2 Å². The van der Waals surface area contributed by atoms with Crippen LogP contribution in [0, 0.1) is 15.6 Å². The van der Waals surface area contributed by atoms with E-state index in [-0.39, 0.29) is 29.0 Å². The summed E-state index contributed by atoms with van der Waals surface area (Å²) in [6, 6.07) is 28.4. The van der Waals surface area contributed by atoms with Gasteiger partial charge in [0.25, 0.3) is 0 Å². The maximum Gasteiger partial charge on any atom is 0.222 e. The Labute approximate surface area is 236 Å². The van der Waals surface area contributed by atoms with Crippen molar-refractivity contribution < 1.29 is 14.6 Å². The minimum atomic E-state index is -0.320. The van der Waals surface area contributed by atoms with Crippen LogP contribution in [0.25, 0.3) is 21.8 Å². The van der Waals surface area contributed by atoms with Crippen LogP contribution in [0.2, 0.25) is 0 Å². The molecular formula is C30H22BrFN4O4. The molecule has 0 aliphatic carbocycles. The molecule has 10 heteroatoms. The van der Waals surface area contributed by atoms with Gasteiger partial charge in [-0.2, -0.15) is 0 Å². The predicted molar refractivity (Wildman–Crippen MR) is 157 cm³/mol. The average molecular weight is 601 g/mol. The van der Waals surface area contributed by atoms with E-state index >= 15 is 0 Å². The van der Waals surface area contributed by atoms with Crippen molar-refractivity contribution in [2.45, 2.75) is 13.1 Å². The zero-order valence-corrected chi connectivity index (χ0v) is 22.5. The van der Waals surface area contributed by atoms with Crippen LogP contribution < -0.4 is 0 Å². The highest BCUT2D eigenvalue weighted by Crippen LogP contribution is 2.40. The van der Waals surface area contributed by atoms with Crippen molar-refractivity contribution in [2.24, 2.45) is 10.4 Å². The van der Waals surface area contributed by atoms with E-state index in [9.17, 15) is 24.4 Å². The van der Waals surface area contributed by atoms with Gasteiger partial charge in [-0.05, 0) is 57.9 Å². The molecular weight excluding hydrogens is 579 g/mol. The van der Waals surface area contributed by atoms with Crippen LogP contribution in [0.15, 0.2) is 112 Å². The highest BCUT2D eigenvalue weighted by molar-refractivity contribution is 9.10. The molecule has 2 aromatic heterocycles. The summed E-state index contributed by atoms with van der Waals surface area (Å²) < 4.78 is 17.0. The summed E-state index contributed by atoms with van der Waals surface area (Å²) in [6.45, 7) is 0.822. The summed E-state index contributed by atoms with van der Waals surface area (Å²) in [5.74, 6) is -0.595. The molecule has 0 radical (unpaired) electrons. The number of aromatic nitrogens is 2. The van der Waals surface area contributed by atoms with E-state index in [1.54, 1.807) is 39.5 Å². The third-order valence-corrected chi connectivity index (χ3v) is 7.00. The molecule has 2 heterocycles. The fourth-order valence-electron chi connectivity index (χ4n) is 4.61. The molecule has 0 saturated heterocycles. The molecule has 4 aromatic carbocycles. The highest BCUT2D eigenvalue weighted by Gasteiger charge is 2.18. The van der Waals surface area contributed by atoms with Crippen molar-refractivity contribution in [3.05, 3.63) is 128 Å². The number of hydrogen-bond donors (Lipinski definition) is 2. The number of halogens is 2. The molecule has 0 saturated carbocycles. The lowest BCUT2D eigenvalue weighted by atomic mass is 10.2. The zero-order chi connectivity index (χ0) is 28.2. The quantitative estimate of drug-likeness (QED) is 0.187. The van der Waals surface area contributed by atoms with Crippen molar-refractivity contribution >= 4 is 49.1 Å². The van der Waals surface area contributed by atoms with Crippen molar-refractivity contribution in [3.63, 3.8) is 0 Å². The Hall–Kier alpha value is -4.83. The molecule has 0 atom stereocenters. The van der Waals surface area contributed by atoms with Crippen LogP contribution in [0.1, 0.15) is 11.1 Å². The van der Waals surface area contributed by atoms with E-state index in [0.29, 0.717) is 29.4 Å². The first kappa shape index (κ1) is 26.8. The third-order valence-electron chi connectivity index (χ3n) is 6.51. The summed E-state index contributed by atoms with van der Waals surface area (Å²) >= 11 is 3.33. The standard InChI is InChI=1S/C15H10BrFN2O2.C15H12N2O2/c16-10-3-6-13-12(7-10)14(18-21)15(20)19(13)8-9-1-4-11(17)5-2-9;18-15-14(16-19)12-8-4-5-9-13(12)17(15)10-11-6-2-1-3-7-11/h1-7,20H,8H2;1-9,18H,10H2.